The van der Waals surface area contributed by atoms with Crippen LogP contribution in [0.4, 0.5) is 4.79 Å². The zero-order valence-electron chi connectivity index (χ0n) is 15.6. The number of hydrogen-bond donors (Lipinski definition) is 1. The summed E-state index contributed by atoms with van der Waals surface area (Å²) in [6.07, 6.45) is 10.8. The van der Waals surface area contributed by atoms with Gasteiger partial charge in [-0.2, -0.15) is 0 Å². The van der Waals surface area contributed by atoms with Gasteiger partial charge < -0.3 is 18.6 Å². The second-order valence-electron chi connectivity index (χ2n) is 7.36. The van der Waals surface area contributed by atoms with Crippen LogP contribution in [-0.4, -0.2) is 29.9 Å². The van der Waals surface area contributed by atoms with E-state index in [4.69, 9.17) is 18.6 Å². The lowest BCUT2D eigenvalue weighted by molar-refractivity contribution is -0.141. The van der Waals surface area contributed by atoms with Crippen LogP contribution in [0.1, 0.15) is 26.0 Å². The van der Waals surface area contributed by atoms with E-state index in [1.807, 2.05) is 26.0 Å². The van der Waals surface area contributed by atoms with Gasteiger partial charge in [-0.25, -0.2) is 9.59 Å². The number of hydrogen-bond acceptors (Lipinski definition) is 6. The van der Waals surface area contributed by atoms with Crippen molar-refractivity contribution in [3.8, 4) is 0 Å². The number of amides is 1. The zero-order chi connectivity index (χ0) is 19.7. The number of nitrogens with one attached hydrogen (secondary N) is 1. The largest absolute Gasteiger partial charge is 0.488 e. The summed E-state index contributed by atoms with van der Waals surface area (Å²) in [5.74, 6) is 0.950. The van der Waals surface area contributed by atoms with Crippen molar-refractivity contribution in [2.75, 3.05) is 0 Å². The molecule has 3 atom stereocenters. The van der Waals surface area contributed by atoms with Crippen LogP contribution >= 0.6 is 0 Å². The Bertz CT molecular complexity index is 890. The van der Waals surface area contributed by atoms with E-state index in [-0.39, 0.29) is 11.9 Å². The standard InChI is InChI=1S/C21H21NO6/c1-21(2)18(27-20(24)22-8-7-15-4-3-9-25-15)11-14-10-13-5-6-19(23)26-16(13)12-17(14)28-21/h3-10,12,14,16,18H,11H2,1-2H3,(H,22,24)/b8-7+/t14-,16?,18+/m1/s1. The summed E-state index contributed by atoms with van der Waals surface area (Å²) in [7, 11) is 0. The van der Waals surface area contributed by atoms with Gasteiger partial charge >= 0.3 is 12.1 Å². The molecule has 0 saturated carbocycles. The lowest BCUT2D eigenvalue weighted by atomic mass is 9.81. The van der Waals surface area contributed by atoms with Crippen LogP contribution in [0.2, 0.25) is 0 Å². The Morgan fingerprint density at radius 2 is 2.18 bits per heavy atom. The lowest BCUT2D eigenvalue weighted by Gasteiger charge is -2.44. The van der Waals surface area contributed by atoms with Gasteiger partial charge in [-0.05, 0) is 49.8 Å². The third-order valence-corrected chi connectivity index (χ3v) is 4.92. The van der Waals surface area contributed by atoms with Crippen molar-refractivity contribution >= 4 is 18.1 Å². The summed E-state index contributed by atoms with van der Waals surface area (Å²) in [6, 6.07) is 3.53. The number of esters is 1. The highest BCUT2D eigenvalue weighted by Gasteiger charge is 2.44. The average molecular weight is 383 g/mol. The topological polar surface area (TPSA) is 87.0 Å². The number of carbonyl (C=O) groups excluding carboxylic acids is 2. The molecule has 0 aromatic carbocycles. The second-order valence-corrected chi connectivity index (χ2v) is 7.36. The van der Waals surface area contributed by atoms with Crippen molar-refractivity contribution in [3.63, 3.8) is 0 Å². The summed E-state index contributed by atoms with van der Waals surface area (Å²) in [6.45, 7) is 3.74. The first-order chi connectivity index (χ1) is 13.4. The Morgan fingerprint density at radius 1 is 1.32 bits per heavy atom. The molecule has 1 fully saturated rings. The molecule has 146 valence electrons. The molecule has 0 spiro atoms. The van der Waals surface area contributed by atoms with Gasteiger partial charge in [-0.3, -0.25) is 5.32 Å². The maximum absolute atomic E-state index is 12.2. The Kier molecular flexibility index (Phi) is 4.58. The first-order valence-electron chi connectivity index (χ1n) is 9.09. The van der Waals surface area contributed by atoms with Crippen LogP contribution in [-0.2, 0) is 19.0 Å². The smallest absolute Gasteiger partial charge is 0.411 e. The predicted octanol–water partition coefficient (Wildman–Crippen LogP) is 3.47. The zero-order valence-corrected chi connectivity index (χ0v) is 15.6. The van der Waals surface area contributed by atoms with E-state index < -0.39 is 23.9 Å². The van der Waals surface area contributed by atoms with E-state index in [2.05, 4.69) is 5.32 Å². The Morgan fingerprint density at radius 3 is 2.96 bits per heavy atom. The fourth-order valence-corrected chi connectivity index (χ4v) is 3.47. The number of alkyl carbamates (subject to hydrolysis) is 1. The maximum Gasteiger partial charge on any atom is 0.411 e. The Labute approximate surface area is 162 Å². The summed E-state index contributed by atoms with van der Waals surface area (Å²) >= 11 is 0. The van der Waals surface area contributed by atoms with E-state index in [0.717, 1.165) is 11.3 Å². The number of carbonyl (C=O) groups is 2. The molecule has 4 rings (SSSR count). The van der Waals surface area contributed by atoms with Crippen molar-refractivity contribution in [2.24, 2.45) is 5.92 Å². The highest BCUT2D eigenvalue weighted by atomic mass is 16.6. The van der Waals surface area contributed by atoms with E-state index >= 15 is 0 Å². The highest BCUT2D eigenvalue weighted by molar-refractivity contribution is 5.84. The summed E-state index contributed by atoms with van der Waals surface area (Å²) in [5, 5.41) is 2.57. The minimum absolute atomic E-state index is 0.0443. The molecule has 1 saturated heterocycles. The van der Waals surface area contributed by atoms with Gasteiger partial charge in [0.25, 0.3) is 0 Å². The third-order valence-electron chi connectivity index (χ3n) is 4.92. The van der Waals surface area contributed by atoms with Gasteiger partial charge in [0, 0.05) is 24.6 Å². The molecule has 2 aliphatic heterocycles. The second kappa shape index (κ2) is 7.07. The SMILES string of the molecule is CC1(C)OC2=CC3OC(=O)C=CC3=C[C@@H]2C[C@@H]1OC(=O)N/C=C/c1ccco1. The average Bonchev–Trinajstić information content (AvgIpc) is 3.14. The Balaban J connectivity index is 1.42. The first-order valence-corrected chi connectivity index (χ1v) is 9.09. The number of furan rings is 1. The molecule has 0 radical (unpaired) electrons. The molecular formula is C21H21NO6. The van der Waals surface area contributed by atoms with E-state index in [1.165, 1.54) is 12.3 Å². The third kappa shape index (κ3) is 3.74. The summed E-state index contributed by atoms with van der Waals surface area (Å²) in [5.41, 5.74) is 0.186. The first kappa shape index (κ1) is 18.2. The molecule has 0 bridgehead atoms. The minimum atomic E-state index is -0.718. The van der Waals surface area contributed by atoms with Gasteiger partial charge in [0.15, 0.2) is 0 Å². The van der Waals surface area contributed by atoms with Gasteiger partial charge in [-0.1, -0.05) is 6.08 Å². The monoisotopic (exact) mass is 383 g/mol. The minimum Gasteiger partial charge on any atom is -0.488 e. The van der Waals surface area contributed by atoms with Crippen LogP contribution in [0, 0.1) is 5.92 Å². The molecule has 1 N–H and O–H groups in total. The molecule has 7 nitrogen and oxygen atoms in total. The number of rotatable bonds is 3. The van der Waals surface area contributed by atoms with Crippen molar-refractivity contribution in [1.29, 1.82) is 0 Å². The van der Waals surface area contributed by atoms with Crippen LogP contribution in [0.25, 0.3) is 6.08 Å². The van der Waals surface area contributed by atoms with Crippen molar-refractivity contribution in [3.05, 3.63) is 66.0 Å². The van der Waals surface area contributed by atoms with Gasteiger partial charge in [0.2, 0.25) is 0 Å². The fraction of sp³-hybridized carbons (Fsp3) is 0.333. The van der Waals surface area contributed by atoms with Gasteiger partial charge in [0.1, 0.15) is 29.3 Å². The maximum atomic E-state index is 12.2. The molecule has 1 unspecified atom stereocenters. The van der Waals surface area contributed by atoms with E-state index in [9.17, 15) is 9.59 Å². The number of ether oxygens (including phenoxy) is 3. The number of allylic oxidation sites excluding steroid dienone is 1. The summed E-state index contributed by atoms with van der Waals surface area (Å²) < 4.78 is 22.2. The normalized spacial score (nSPS) is 27.6. The van der Waals surface area contributed by atoms with Crippen LogP contribution < -0.4 is 5.32 Å². The molecule has 1 aliphatic carbocycles. The van der Waals surface area contributed by atoms with Crippen molar-refractivity contribution < 1.29 is 28.2 Å². The van der Waals surface area contributed by atoms with E-state index in [0.29, 0.717) is 12.2 Å². The molecular weight excluding hydrogens is 362 g/mol. The quantitative estimate of drug-likeness (QED) is 0.805. The van der Waals surface area contributed by atoms with Crippen LogP contribution in [0.15, 0.2) is 64.6 Å². The molecule has 1 aromatic heterocycles. The Hall–Kier alpha value is -3.22. The van der Waals surface area contributed by atoms with Crippen molar-refractivity contribution in [1.82, 2.24) is 5.32 Å². The van der Waals surface area contributed by atoms with E-state index in [1.54, 1.807) is 30.5 Å². The molecule has 1 amide bonds. The fourth-order valence-electron chi connectivity index (χ4n) is 3.47. The van der Waals surface area contributed by atoms with Gasteiger partial charge in [-0.15, -0.1) is 0 Å². The highest BCUT2D eigenvalue weighted by Crippen LogP contribution is 2.41. The number of fused-ring (bicyclic) bond motifs is 2. The molecule has 3 aliphatic rings. The predicted molar refractivity (Wildman–Crippen MR) is 99.6 cm³/mol. The van der Waals surface area contributed by atoms with Gasteiger partial charge in [0.05, 0.1) is 6.26 Å². The van der Waals surface area contributed by atoms with Crippen LogP contribution in [0.5, 0.6) is 0 Å². The summed E-state index contributed by atoms with van der Waals surface area (Å²) in [4.78, 5) is 23.6. The van der Waals surface area contributed by atoms with Crippen molar-refractivity contribution in [2.45, 2.75) is 38.1 Å². The lowest BCUT2D eigenvalue weighted by Crippen LogP contribution is -2.49. The molecule has 1 aromatic rings. The van der Waals surface area contributed by atoms with Crippen LogP contribution in [0.3, 0.4) is 0 Å². The molecule has 7 heteroatoms. The molecule has 3 heterocycles. The molecule has 28 heavy (non-hydrogen) atoms.